The van der Waals surface area contributed by atoms with Crippen LogP contribution in [0, 0.1) is 23.6 Å². The predicted octanol–water partition coefficient (Wildman–Crippen LogP) is 4.15. The van der Waals surface area contributed by atoms with E-state index >= 15 is 0 Å². The van der Waals surface area contributed by atoms with Crippen LogP contribution in [-0.4, -0.2) is 59.9 Å². The van der Waals surface area contributed by atoms with Gasteiger partial charge in [-0.3, -0.25) is 29.0 Å². The number of carboxylic acid groups (broad SMARTS) is 1. The second kappa shape index (κ2) is 9.37. The zero-order valence-electron chi connectivity index (χ0n) is 20.9. The number of hydrogen-bond acceptors (Lipinski definition) is 6. The van der Waals surface area contributed by atoms with Crippen molar-refractivity contribution >= 4 is 74.4 Å². The number of carboxylic acids is 1. The van der Waals surface area contributed by atoms with Gasteiger partial charge in [-0.2, -0.15) is 0 Å². The zero-order valence-corrected chi connectivity index (χ0v) is 24.0. The number of phenols is 1. The molecular weight excluding hydrogens is 646 g/mol. The summed E-state index contributed by atoms with van der Waals surface area (Å²) in [6, 6.07) is 8.93. The number of rotatable bonds is 4. The summed E-state index contributed by atoms with van der Waals surface area (Å²) in [6.45, 7) is 0. The molecule has 2 aromatic carbocycles. The first kappa shape index (κ1) is 27.9. The van der Waals surface area contributed by atoms with Crippen molar-refractivity contribution in [1.29, 1.82) is 0 Å². The van der Waals surface area contributed by atoms with Gasteiger partial charge >= 0.3 is 5.97 Å². The molecule has 0 spiro atoms. The van der Waals surface area contributed by atoms with Crippen LogP contribution in [0.25, 0.3) is 0 Å². The fourth-order valence-electron chi connectivity index (χ4n) is 6.86. The van der Waals surface area contributed by atoms with Gasteiger partial charge in [0.1, 0.15) is 0 Å². The Balaban J connectivity index is 1.51. The topological polar surface area (TPSA) is 132 Å². The number of alkyl halides is 3. The number of carbonyl (C=O) groups excluding carboxylic acids is 4. The van der Waals surface area contributed by atoms with Crippen molar-refractivity contribution < 1.29 is 38.6 Å². The molecule has 1 saturated carbocycles. The van der Waals surface area contributed by atoms with E-state index in [9.17, 15) is 38.6 Å². The minimum atomic E-state index is -2.10. The van der Waals surface area contributed by atoms with Crippen molar-refractivity contribution in [3.05, 3.63) is 71.1 Å². The highest BCUT2D eigenvalue weighted by Crippen LogP contribution is 2.65. The summed E-state index contributed by atoms with van der Waals surface area (Å²) >= 11 is 17.3. The summed E-state index contributed by atoms with van der Waals surface area (Å²) in [6.07, 6.45) is 1.52. The molecule has 2 N–H and O–H groups in total. The van der Waals surface area contributed by atoms with Gasteiger partial charge in [-0.05, 0) is 54.7 Å². The Kier molecular flexibility index (Phi) is 6.37. The van der Waals surface area contributed by atoms with Crippen molar-refractivity contribution in [2.24, 2.45) is 17.8 Å². The van der Waals surface area contributed by atoms with Crippen LogP contribution >= 0.6 is 39.1 Å². The normalized spacial score (nSPS) is 32.5. The molecule has 2 aliphatic heterocycles. The number of aromatic hydroxyl groups is 1. The Hall–Kier alpha value is -3.28. The van der Waals surface area contributed by atoms with Crippen molar-refractivity contribution in [3.63, 3.8) is 0 Å². The number of fused-ring (bicyclic) bond motifs is 4. The lowest BCUT2D eigenvalue weighted by Crippen LogP contribution is -2.60. The average molecular weight is 666 g/mol. The maximum atomic E-state index is 14.6. The van der Waals surface area contributed by atoms with Gasteiger partial charge in [0, 0.05) is 5.92 Å². The molecule has 2 aliphatic carbocycles. The van der Waals surface area contributed by atoms with Gasteiger partial charge in [-0.15, -0.1) is 23.2 Å². The van der Waals surface area contributed by atoms with E-state index in [4.69, 9.17) is 23.2 Å². The summed E-state index contributed by atoms with van der Waals surface area (Å²) < 4.78 is 14.6. The van der Waals surface area contributed by atoms with E-state index in [2.05, 4.69) is 15.9 Å². The lowest BCUT2D eigenvalue weighted by Gasteiger charge is -2.50. The molecule has 0 bridgehead atoms. The summed E-state index contributed by atoms with van der Waals surface area (Å²) in [5.41, 5.74) is 0.400. The number of carbonyl (C=O) groups is 5. The number of amides is 4. The number of allylic oxidation sites excluding steroid dienone is 2. The van der Waals surface area contributed by atoms with Gasteiger partial charge in [0.25, 0.3) is 11.8 Å². The Bertz CT molecular complexity index is 1620. The van der Waals surface area contributed by atoms with Gasteiger partial charge < -0.3 is 10.2 Å². The molecule has 13 heteroatoms. The van der Waals surface area contributed by atoms with Crippen LogP contribution in [0.15, 0.2) is 54.1 Å². The standard InChI is InChI=1S/C28H20BrCl2FN2O7/c29-11-33-25(40)27(30)10-17-15(21(28(27,31)26(33)41)12-4-7-19(35)18(32)9-12)5-6-16-20(17)23(37)34(22(16)36)14-3-1-2-13(8-14)24(38)39/h1-5,7-9,16-17,20-21,35H,6,10-11H2,(H,38,39)/t16-,17+,20-,21-,27+,28-/m0/s1. The third kappa shape index (κ3) is 3.61. The second-order valence-electron chi connectivity index (χ2n) is 10.6. The monoisotopic (exact) mass is 664 g/mol. The molecule has 4 amide bonds. The van der Waals surface area contributed by atoms with Gasteiger partial charge in [0.2, 0.25) is 11.8 Å². The summed E-state index contributed by atoms with van der Waals surface area (Å²) in [5, 5.41) is 19.2. The van der Waals surface area contributed by atoms with E-state index in [0.29, 0.717) is 5.57 Å². The van der Waals surface area contributed by atoms with E-state index in [-0.39, 0.29) is 35.1 Å². The average Bonchev–Trinajstić information content (AvgIpc) is 3.28. The number of aromatic carboxylic acids is 1. The SMILES string of the molecule is O=C(O)c1cccc(N2C(=O)[C@H]3[C@H](CC=C4[C@H]3C[C@@]3(Cl)C(=O)N(CBr)C(=O)[C@@]3(Cl)[C@H]4c3ccc(O)c(F)c3)C2=O)c1. The Labute approximate surface area is 250 Å². The largest absolute Gasteiger partial charge is 0.505 e. The summed E-state index contributed by atoms with van der Waals surface area (Å²) in [4.78, 5) is 64.1. The van der Waals surface area contributed by atoms with Gasteiger partial charge in [0.05, 0.1) is 28.5 Å². The summed E-state index contributed by atoms with van der Waals surface area (Å²) in [5.74, 6) is -9.43. The smallest absolute Gasteiger partial charge is 0.335 e. The Morgan fingerprint density at radius 3 is 2.44 bits per heavy atom. The number of likely N-dealkylation sites (tertiary alicyclic amines) is 1. The fraction of sp³-hybridized carbons (Fsp3) is 0.321. The highest BCUT2D eigenvalue weighted by atomic mass is 79.9. The molecule has 0 unspecified atom stereocenters. The maximum Gasteiger partial charge on any atom is 0.335 e. The minimum Gasteiger partial charge on any atom is -0.505 e. The number of imide groups is 2. The van der Waals surface area contributed by atoms with Crippen LogP contribution in [0.4, 0.5) is 10.1 Å². The molecule has 3 fully saturated rings. The lowest BCUT2D eigenvalue weighted by atomic mass is 9.56. The molecule has 2 aromatic rings. The highest BCUT2D eigenvalue weighted by molar-refractivity contribution is 9.09. The highest BCUT2D eigenvalue weighted by Gasteiger charge is 2.76. The molecule has 6 rings (SSSR count). The molecule has 212 valence electrons. The maximum absolute atomic E-state index is 14.6. The van der Waals surface area contributed by atoms with Gasteiger partial charge in [-0.25, -0.2) is 9.18 Å². The molecule has 9 nitrogen and oxygen atoms in total. The van der Waals surface area contributed by atoms with E-state index in [1.807, 2.05) is 0 Å². The van der Waals surface area contributed by atoms with E-state index in [0.717, 1.165) is 21.9 Å². The molecular formula is C28H20BrCl2FN2O7. The van der Waals surface area contributed by atoms with Crippen LogP contribution < -0.4 is 4.90 Å². The van der Waals surface area contributed by atoms with Gasteiger partial charge in [0.15, 0.2) is 21.3 Å². The molecule has 0 aromatic heterocycles. The molecule has 2 heterocycles. The third-order valence-corrected chi connectivity index (χ3v) is 10.6. The van der Waals surface area contributed by atoms with E-state index in [1.165, 1.54) is 30.3 Å². The van der Waals surface area contributed by atoms with Crippen LogP contribution in [0.3, 0.4) is 0 Å². The number of nitrogens with zero attached hydrogens (tertiary/aromatic N) is 2. The summed E-state index contributed by atoms with van der Waals surface area (Å²) in [7, 11) is 0. The lowest BCUT2D eigenvalue weighted by molar-refractivity contribution is -0.138. The first-order valence-corrected chi connectivity index (χ1v) is 14.4. The molecule has 0 radical (unpaired) electrons. The fourth-order valence-corrected chi connectivity index (χ4v) is 8.29. The van der Waals surface area contributed by atoms with Crippen molar-refractivity contribution in [1.82, 2.24) is 4.90 Å². The first-order chi connectivity index (χ1) is 19.4. The van der Waals surface area contributed by atoms with E-state index in [1.54, 1.807) is 6.08 Å². The van der Waals surface area contributed by atoms with Crippen molar-refractivity contribution in [2.75, 3.05) is 10.4 Å². The van der Waals surface area contributed by atoms with Crippen LogP contribution in [0.5, 0.6) is 5.75 Å². The second-order valence-corrected chi connectivity index (χ2v) is 12.3. The van der Waals surface area contributed by atoms with Crippen molar-refractivity contribution in [3.8, 4) is 5.75 Å². The first-order valence-electron chi connectivity index (χ1n) is 12.6. The Morgan fingerprint density at radius 2 is 1.78 bits per heavy atom. The van der Waals surface area contributed by atoms with E-state index < -0.39 is 74.6 Å². The van der Waals surface area contributed by atoms with Crippen molar-refractivity contribution in [2.45, 2.75) is 28.5 Å². The van der Waals surface area contributed by atoms with Crippen LogP contribution in [-0.2, 0) is 19.2 Å². The third-order valence-electron chi connectivity index (χ3n) is 8.67. The molecule has 4 aliphatic rings. The molecule has 2 saturated heterocycles. The number of halogens is 4. The number of hydrogen-bond donors (Lipinski definition) is 2. The predicted molar refractivity (Wildman–Crippen MR) is 147 cm³/mol. The number of anilines is 1. The zero-order chi connectivity index (χ0) is 29.6. The molecule has 6 atom stereocenters. The minimum absolute atomic E-state index is 0.0831. The number of benzene rings is 2. The van der Waals surface area contributed by atoms with Crippen LogP contribution in [0.1, 0.15) is 34.7 Å². The number of phenolic OH excluding ortho intramolecular Hbond substituents is 1. The van der Waals surface area contributed by atoms with Gasteiger partial charge in [-0.1, -0.05) is 39.7 Å². The van der Waals surface area contributed by atoms with Crippen LogP contribution in [0.2, 0.25) is 0 Å². The molecule has 41 heavy (non-hydrogen) atoms. The Morgan fingerprint density at radius 1 is 1.05 bits per heavy atom. The quantitative estimate of drug-likeness (QED) is 0.217.